The Labute approximate surface area is 181 Å². The maximum atomic E-state index is 11.4. The second-order valence-electron chi connectivity index (χ2n) is 6.93. The first-order valence-corrected chi connectivity index (χ1v) is 9.35. The quantitative estimate of drug-likeness (QED) is 0.276. The van der Waals surface area contributed by atoms with Gasteiger partial charge in [0.2, 0.25) is 5.91 Å². The molecular weight excluding hydrogens is 455 g/mol. The Hall–Kier alpha value is -1.51. The van der Waals surface area contributed by atoms with Crippen molar-refractivity contribution < 1.29 is 9.53 Å². The van der Waals surface area contributed by atoms with Gasteiger partial charge in [-0.3, -0.25) is 4.79 Å². The Morgan fingerprint density at radius 3 is 2.48 bits per heavy atom. The van der Waals surface area contributed by atoms with Crippen LogP contribution in [0.15, 0.2) is 23.2 Å². The molecule has 0 saturated heterocycles. The van der Waals surface area contributed by atoms with Crippen LogP contribution in [0.3, 0.4) is 0 Å². The fourth-order valence-corrected chi connectivity index (χ4v) is 2.52. The number of hydrogen-bond donors (Lipinski definition) is 3. The number of halogens is 1. The van der Waals surface area contributed by atoms with E-state index in [9.17, 15) is 4.79 Å². The van der Waals surface area contributed by atoms with E-state index in [4.69, 9.17) is 4.74 Å². The number of amides is 1. The fourth-order valence-electron chi connectivity index (χ4n) is 2.52. The molecule has 1 rings (SSSR count). The van der Waals surface area contributed by atoms with E-state index in [1.807, 2.05) is 18.2 Å². The molecule has 0 saturated carbocycles. The van der Waals surface area contributed by atoms with E-state index in [-0.39, 0.29) is 29.9 Å². The van der Waals surface area contributed by atoms with E-state index >= 15 is 0 Å². The topological polar surface area (TPSA) is 74.8 Å². The minimum Gasteiger partial charge on any atom is -0.495 e. The van der Waals surface area contributed by atoms with Crippen molar-refractivity contribution in [3.63, 3.8) is 0 Å². The largest absolute Gasteiger partial charge is 0.495 e. The van der Waals surface area contributed by atoms with E-state index in [1.165, 1.54) is 13.3 Å². The first-order chi connectivity index (χ1) is 12.3. The number of anilines is 1. The van der Waals surface area contributed by atoms with Crippen molar-refractivity contribution in [2.45, 2.75) is 60.0 Å². The minimum atomic E-state index is -0.127. The number of hydrogen-bond acceptors (Lipinski definition) is 3. The molecule has 0 aliphatic carbocycles. The molecule has 1 amide bonds. The standard InChI is InChI=1S/C20H34N4O2.HI/c1-7-21-20(23-15(4)9-8-14(2)3)22-13-17-10-11-19(26-6)18(12-17)24-16(5)25;/h10-12,14-15H,7-9,13H2,1-6H3,(H,24,25)(H2,21,22,23);1H. The van der Waals surface area contributed by atoms with Crippen molar-refractivity contribution in [3.05, 3.63) is 23.8 Å². The average molecular weight is 490 g/mol. The Morgan fingerprint density at radius 1 is 1.22 bits per heavy atom. The van der Waals surface area contributed by atoms with Gasteiger partial charge in [0.25, 0.3) is 0 Å². The van der Waals surface area contributed by atoms with Crippen molar-refractivity contribution in [3.8, 4) is 5.75 Å². The van der Waals surface area contributed by atoms with Crippen LogP contribution in [0.2, 0.25) is 0 Å². The molecule has 0 aromatic heterocycles. The van der Waals surface area contributed by atoms with Gasteiger partial charge in [0, 0.05) is 19.5 Å². The van der Waals surface area contributed by atoms with Crippen molar-refractivity contribution in [1.29, 1.82) is 0 Å². The Kier molecular flexibility index (Phi) is 12.9. The zero-order valence-electron chi connectivity index (χ0n) is 17.4. The molecule has 0 spiro atoms. The van der Waals surface area contributed by atoms with Gasteiger partial charge in [-0.25, -0.2) is 4.99 Å². The van der Waals surface area contributed by atoms with Gasteiger partial charge in [-0.1, -0.05) is 19.9 Å². The van der Waals surface area contributed by atoms with Gasteiger partial charge in [-0.15, -0.1) is 24.0 Å². The molecule has 1 aromatic carbocycles. The van der Waals surface area contributed by atoms with E-state index in [2.05, 4.69) is 48.6 Å². The van der Waals surface area contributed by atoms with Gasteiger partial charge >= 0.3 is 0 Å². The maximum absolute atomic E-state index is 11.4. The van der Waals surface area contributed by atoms with Crippen LogP contribution in [0.25, 0.3) is 0 Å². The summed E-state index contributed by atoms with van der Waals surface area (Å²) in [5.74, 6) is 2.02. The number of ether oxygens (including phenoxy) is 1. The number of benzene rings is 1. The molecule has 7 heteroatoms. The monoisotopic (exact) mass is 490 g/mol. The average Bonchev–Trinajstić information content (AvgIpc) is 2.57. The van der Waals surface area contributed by atoms with Crippen LogP contribution in [-0.4, -0.2) is 31.6 Å². The molecule has 0 aliphatic heterocycles. The van der Waals surface area contributed by atoms with E-state index < -0.39 is 0 Å². The van der Waals surface area contributed by atoms with Gasteiger partial charge in [0.15, 0.2) is 5.96 Å². The molecule has 0 heterocycles. The number of aliphatic imine (C=N–C) groups is 1. The maximum Gasteiger partial charge on any atom is 0.221 e. The highest BCUT2D eigenvalue weighted by Gasteiger charge is 2.08. The van der Waals surface area contributed by atoms with Crippen molar-refractivity contribution in [2.75, 3.05) is 19.0 Å². The molecular formula is C20H35IN4O2. The second-order valence-corrected chi connectivity index (χ2v) is 6.93. The summed E-state index contributed by atoms with van der Waals surface area (Å²) in [5.41, 5.74) is 1.66. The van der Waals surface area contributed by atoms with Crippen LogP contribution in [-0.2, 0) is 11.3 Å². The number of nitrogens with one attached hydrogen (secondary N) is 3. The van der Waals surface area contributed by atoms with Crippen molar-refractivity contribution >= 4 is 41.5 Å². The summed E-state index contributed by atoms with van der Waals surface area (Å²) < 4.78 is 5.29. The first-order valence-electron chi connectivity index (χ1n) is 9.35. The number of carbonyl (C=O) groups excluding carboxylic acids is 1. The van der Waals surface area contributed by atoms with Gasteiger partial charge in [-0.05, 0) is 50.3 Å². The van der Waals surface area contributed by atoms with Crippen LogP contribution < -0.4 is 20.7 Å². The highest BCUT2D eigenvalue weighted by atomic mass is 127. The van der Waals surface area contributed by atoms with Crippen LogP contribution in [0.5, 0.6) is 5.75 Å². The lowest BCUT2D eigenvalue weighted by atomic mass is 10.0. The van der Waals surface area contributed by atoms with Gasteiger partial charge < -0.3 is 20.7 Å². The molecule has 0 aliphatic rings. The molecule has 3 N–H and O–H groups in total. The third-order valence-electron chi connectivity index (χ3n) is 3.90. The number of guanidine groups is 1. The molecule has 1 aromatic rings. The molecule has 27 heavy (non-hydrogen) atoms. The van der Waals surface area contributed by atoms with Crippen molar-refractivity contribution in [2.24, 2.45) is 10.9 Å². The van der Waals surface area contributed by atoms with Crippen LogP contribution in [0.4, 0.5) is 5.69 Å². The predicted molar refractivity (Wildman–Crippen MR) is 124 cm³/mol. The third kappa shape index (κ3) is 10.4. The summed E-state index contributed by atoms with van der Waals surface area (Å²) in [5, 5.41) is 9.54. The Morgan fingerprint density at radius 2 is 1.93 bits per heavy atom. The third-order valence-corrected chi connectivity index (χ3v) is 3.90. The number of rotatable bonds is 9. The van der Waals surface area contributed by atoms with Gasteiger partial charge in [0.1, 0.15) is 5.75 Å². The molecule has 0 radical (unpaired) electrons. The zero-order chi connectivity index (χ0) is 19.5. The van der Waals surface area contributed by atoms with E-state index in [0.29, 0.717) is 29.9 Å². The molecule has 1 unspecified atom stereocenters. The first kappa shape index (κ1) is 25.5. The lowest BCUT2D eigenvalue weighted by molar-refractivity contribution is -0.114. The normalized spacial score (nSPS) is 12.2. The van der Waals surface area contributed by atoms with Crippen LogP contribution >= 0.6 is 24.0 Å². The lowest BCUT2D eigenvalue weighted by Crippen LogP contribution is -2.42. The molecule has 154 valence electrons. The van der Waals surface area contributed by atoms with Crippen LogP contribution in [0, 0.1) is 5.92 Å². The van der Waals surface area contributed by atoms with Gasteiger partial charge in [0.05, 0.1) is 19.3 Å². The summed E-state index contributed by atoms with van der Waals surface area (Å²) in [6, 6.07) is 6.07. The lowest BCUT2D eigenvalue weighted by Gasteiger charge is -2.18. The summed E-state index contributed by atoms with van der Waals surface area (Å²) >= 11 is 0. The minimum absolute atomic E-state index is 0. The van der Waals surface area contributed by atoms with Crippen molar-refractivity contribution in [1.82, 2.24) is 10.6 Å². The summed E-state index contributed by atoms with van der Waals surface area (Å²) in [6.07, 6.45) is 2.30. The molecule has 1 atom stereocenters. The molecule has 6 nitrogen and oxygen atoms in total. The number of methoxy groups -OCH3 is 1. The molecule has 0 fully saturated rings. The fraction of sp³-hybridized carbons (Fsp3) is 0.600. The highest BCUT2D eigenvalue weighted by molar-refractivity contribution is 14.0. The smallest absolute Gasteiger partial charge is 0.221 e. The summed E-state index contributed by atoms with van der Waals surface area (Å²) in [7, 11) is 1.59. The summed E-state index contributed by atoms with van der Waals surface area (Å²) in [4.78, 5) is 16.0. The van der Waals surface area contributed by atoms with E-state index in [0.717, 1.165) is 24.5 Å². The Balaban J connectivity index is 0.00000676. The molecule has 0 bridgehead atoms. The predicted octanol–water partition coefficient (Wildman–Crippen LogP) is 4.15. The van der Waals surface area contributed by atoms with Gasteiger partial charge in [-0.2, -0.15) is 0 Å². The highest BCUT2D eigenvalue weighted by Crippen LogP contribution is 2.25. The SMILES string of the molecule is CCNC(=NCc1ccc(OC)c(NC(C)=O)c1)NC(C)CCC(C)C.I. The van der Waals surface area contributed by atoms with Crippen LogP contribution in [0.1, 0.15) is 53.0 Å². The van der Waals surface area contributed by atoms with E-state index in [1.54, 1.807) is 7.11 Å². The Bertz CT molecular complexity index is 606. The zero-order valence-corrected chi connectivity index (χ0v) is 19.7. The summed E-state index contributed by atoms with van der Waals surface area (Å²) in [6.45, 7) is 11.5. The number of nitrogens with zero attached hydrogens (tertiary/aromatic N) is 1. The number of carbonyl (C=O) groups is 1. The second kappa shape index (κ2) is 13.6.